The monoisotopic (exact) mass is 467 g/mol. The predicted octanol–water partition coefficient (Wildman–Crippen LogP) is 4.09. The lowest BCUT2D eigenvalue weighted by molar-refractivity contribution is -0.384. The van der Waals surface area contributed by atoms with Crippen LogP contribution in [0.1, 0.15) is 34.3 Å². The topological polar surface area (TPSA) is 110 Å². The van der Waals surface area contributed by atoms with Gasteiger partial charge < -0.3 is 5.32 Å². The first-order chi connectivity index (χ1) is 15.6. The van der Waals surface area contributed by atoms with Gasteiger partial charge in [-0.1, -0.05) is 55.5 Å². The lowest BCUT2D eigenvalue weighted by Gasteiger charge is -2.22. The molecule has 0 aliphatic carbocycles. The van der Waals surface area contributed by atoms with Gasteiger partial charge in [0.15, 0.2) is 0 Å². The average molecular weight is 468 g/mol. The molecule has 0 aliphatic heterocycles. The van der Waals surface area contributed by atoms with Crippen LogP contribution in [0.2, 0.25) is 0 Å². The lowest BCUT2D eigenvalue weighted by atomic mass is 10.0. The van der Waals surface area contributed by atoms with Crippen LogP contribution in [0, 0.1) is 10.1 Å². The second kappa shape index (κ2) is 10.3. The third-order valence-corrected chi connectivity index (χ3v) is 6.35. The van der Waals surface area contributed by atoms with Crippen LogP contribution in [-0.2, 0) is 16.6 Å². The summed E-state index contributed by atoms with van der Waals surface area (Å²) in [6, 6.07) is 22.0. The molecule has 0 aliphatic rings. The molecule has 0 bridgehead atoms. The third-order valence-electron chi connectivity index (χ3n) is 5.21. The summed E-state index contributed by atoms with van der Waals surface area (Å²) < 4.78 is 25.8. The second-order valence-corrected chi connectivity index (χ2v) is 9.67. The summed E-state index contributed by atoms with van der Waals surface area (Å²) in [5.41, 5.74) is 2.23. The number of sulfonamides is 1. The first-order valence-corrected chi connectivity index (χ1v) is 12.1. The van der Waals surface area contributed by atoms with E-state index in [1.165, 1.54) is 24.3 Å². The largest absolute Gasteiger partial charge is 0.351 e. The van der Waals surface area contributed by atoms with Crippen LogP contribution < -0.4 is 9.62 Å². The van der Waals surface area contributed by atoms with E-state index in [0.717, 1.165) is 16.1 Å². The highest BCUT2D eigenvalue weighted by Gasteiger charge is 2.20. The van der Waals surface area contributed by atoms with Crippen molar-refractivity contribution in [1.29, 1.82) is 0 Å². The summed E-state index contributed by atoms with van der Waals surface area (Å²) in [6.45, 7) is 2.50. The van der Waals surface area contributed by atoms with Crippen LogP contribution >= 0.6 is 0 Å². The van der Waals surface area contributed by atoms with E-state index in [-0.39, 0.29) is 29.7 Å². The molecule has 0 aromatic heterocycles. The Labute approximate surface area is 193 Å². The number of anilines is 1. The number of nitro groups is 1. The summed E-state index contributed by atoms with van der Waals surface area (Å²) in [5, 5.41) is 14.0. The fourth-order valence-corrected chi connectivity index (χ4v) is 4.22. The fourth-order valence-electron chi connectivity index (χ4n) is 3.34. The standard InChI is InChI=1S/C24H25N3O5S/c1-18(20-7-4-3-5-8-20)16-25-24(28)21-13-11-19(12-14-21)17-26(33(2,31)32)22-9-6-10-23(15-22)27(29)30/h3-15,18H,16-17H2,1-2H3,(H,25,28). The molecule has 0 saturated heterocycles. The summed E-state index contributed by atoms with van der Waals surface area (Å²) >= 11 is 0. The van der Waals surface area contributed by atoms with E-state index in [9.17, 15) is 23.3 Å². The van der Waals surface area contributed by atoms with E-state index in [1.807, 2.05) is 37.3 Å². The number of benzene rings is 3. The average Bonchev–Trinajstić information content (AvgIpc) is 2.81. The van der Waals surface area contributed by atoms with Crippen LogP contribution in [0.15, 0.2) is 78.9 Å². The lowest BCUT2D eigenvalue weighted by Crippen LogP contribution is -2.29. The summed E-state index contributed by atoms with van der Waals surface area (Å²) in [5.74, 6) is -0.0596. The van der Waals surface area contributed by atoms with Crippen molar-refractivity contribution in [2.75, 3.05) is 17.1 Å². The van der Waals surface area contributed by atoms with Gasteiger partial charge in [0.2, 0.25) is 10.0 Å². The number of nitrogens with zero attached hydrogens (tertiary/aromatic N) is 2. The number of nitro benzene ring substituents is 1. The Morgan fingerprint density at radius 1 is 1.03 bits per heavy atom. The molecule has 0 saturated carbocycles. The highest BCUT2D eigenvalue weighted by Crippen LogP contribution is 2.25. The number of hydrogen-bond donors (Lipinski definition) is 1. The number of nitrogens with one attached hydrogen (secondary N) is 1. The third kappa shape index (κ3) is 6.39. The van der Waals surface area contributed by atoms with Gasteiger partial charge in [0.05, 0.1) is 23.4 Å². The van der Waals surface area contributed by atoms with Crippen molar-refractivity contribution in [3.05, 3.63) is 106 Å². The van der Waals surface area contributed by atoms with Crippen molar-refractivity contribution in [2.24, 2.45) is 0 Å². The van der Waals surface area contributed by atoms with Gasteiger partial charge in [0, 0.05) is 24.2 Å². The highest BCUT2D eigenvalue weighted by atomic mass is 32.2. The zero-order valence-corrected chi connectivity index (χ0v) is 19.2. The summed E-state index contributed by atoms with van der Waals surface area (Å²) in [4.78, 5) is 23.0. The minimum atomic E-state index is -3.70. The van der Waals surface area contributed by atoms with E-state index in [0.29, 0.717) is 17.7 Å². The van der Waals surface area contributed by atoms with Gasteiger partial charge in [0.1, 0.15) is 0 Å². The Balaban J connectivity index is 1.69. The van der Waals surface area contributed by atoms with Crippen molar-refractivity contribution in [1.82, 2.24) is 5.32 Å². The Morgan fingerprint density at radius 3 is 2.30 bits per heavy atom. The molecule has 1 N–H and O–H groups in total. The molecule has 3 aromatic carbocycles. The zero-order chi connectivity index (χ0) is 24.0. The van der Waals surface area contributed by atoms with Crippen molar-refractivity contribution < 1.29 is 18.1 Å². The molecule has 0 fully saturated rings. The van der Waals surface area contributed by atoms with Gasteiger partial charge in [-0.05, 0) is 35.2 Å². The van der Waals surface area contributed by atoms with E-state index >= 15 is 0 Å². The van der Waals surface area contributed by atoms with Crippen molar-refractivity contribution >= 4 is 27.3 Å². The molecular weight excluding hydrogens is 442 g/mol. The quantitative estimate of drug-likeness (QED) is 0.376. The molecule has 3 rings (SSSR count). The van der Waals surface area contributed by atoms with Crippen LogP contribution in [0.25, 0.3) is 0 Å². The minimum Gasteiger partial charge on any atom is -0.351 e. The molecule has 1 unspecified atom stereocenters. The Hall–Kier alpha value is -3.72. The number of hydrogen-bond acceptors (Lipinski definition) is 5. The predicted molar refractivity (Wildman–Crippen MR) is 128 cm³/mol. The van der Waals surface area contributed by atoms with Crippen LogP contribution in [0.4, 0.5) is 11.4 Å². The molecular formula is C24H25N3O5S. The number of rotatable bonds is 9. The second-order valence-electron chi connectivity index (χ2n) is 7.77. The van der Waals surface area contributed by atoms with Crippen LogP contribution in [-0.4, -0.2) is 32.0 Å². The van der Waals surface area contributed by atoms with Gasteiger partial charge in [-0.3, -0.25) is 19.2 Å². The first-order valence-electron chi connectivity index (χ1n) is 10.3. The minimum absolute atomic E-state index is 0.0209. The van der Waals surface area contributed by atoms with Gasteiger partial charge >= 0.3 is 0 Å². The molecule has 3 aromatic rings. The van der Waals surface area contributed by atoms with Crippen molar-refractivity contribution in [3.63, 3.8) is 0 Å². The van der Waals surface area contributed by atoms with Gasteiger partial charge in [-0.15, -0.1) is 0 Å². The Bertz CT molecular complexity index is 1230. The zero-order valence-electron chi connectivity index (χ0n) is 18.3. The van der Waals surface area contributed by atoms with E-state index in [1.54, 1.807) is 24.3 Å². The first kappa shape index (κ1) is 23.9. The maximum atomic E-state index is 12.5. The fraction of sp³-hybridized carbons (Fsp3) is 0.208. The number of carbonyl (C=O) groups excluding carboxylic acids is 1. The molecule has 1 atom stereocenters. The summed E-state index contributed by atoms with van der Waals surface area (Å²) in [6.07, 6.45) is 1.04. The smallest absolute Gasteiger partial charge is 0.271 e. The van der Waals surface area contributed by atoms with E-state index in [4.69, 9.17) is 0 Å². The maximum Gasteiger partial charge on any atom is 0.271 e. The maximum absolute atomic E-state index is 12.5. The SMILES string of the molecule is CC(CNC(=O)c1ccc(CN(c2cccc([N+](=O)[O-])c2)S(C)(=O)=O)cc1)c1ccccc1. The van der Waals surface area contributed by atoms with Gasteiger partial charge in [-0.2, -0.15) is 0 Å². The molecule has 8 nitrogen and oxygen atoms in total. The number of non-ortho nitro benzene ring substituents is 1. The Morgan fingerprint density at radius 2 is 1.70 bits per heavy atom. The van der Waals surface area contributed by atoms with Crippen LogP contribution in [0.5, 0.6) is 0 Å². The van der Waals surface area contributed by atoms with Crippen molar-refractivity contribution in [3.8, 4) is 0 Å². The molecule has 1 amide bonds. The molecule has 9 heteroatoms. The van der Waals surface area contributed by atoms with E-state index < -0.39 is 14.9 Å². The van der Waals surface area contributed by atoms with Crippen LogP contribution in [0.3, 0.4) is 0 Å². The Kier molecular flexibility index (Phi) is 7.44. The normalized spacial score (nSPS) is 12.1. The molecule has 33 heavy (non-hydrogen) atoms. The van der Waals surface area contributed by atoms with Gasteiger partial charge in [0.25, 0.3) is 11.6 Å². The highest BCUT2D eigenvalue weighted by molar-refractivity contribution is 7.92. The number of amides is 1. The van der Waals surface area contributed by atoms with E-state index in [2.05, 4.69) is 5.32 Å². The van der Waals surface area contributed by atoms with Crippen molar-refractivity contribution in [2.45, 2.75) is 19.4 Å². The summed E-state index contributed by atoms with van der Waals surface area (Å²) in [7, 11) is -3.70. The molecule has 172 valence electrons. The number of carbonyl (C=O) groups is 1. The molecule has 0 radical (unpaired) electrons. The molecule has 0 spiro atoms. The molecule has 0 heterocycles. The van der Waals surface area contributed by atoms with Gasteiger partial charge in [-0.25, -0.2) is 8.42 Å².